The predicted octanol–water partition coefficient (Wildman–Crippen LogP) is 0.903. The predicted molar refractivity (Wildman–Crippen MR) is 96.6 cm³/mol. The number of ether oxygens (including phenoxy) is 1. The van der Waals surface area contributed by atoms with Gasteiger partial charge in [0.15, 0.2) is 5.82 Å². The number of hydrogen-bond donors (Lipinski definition) is 0. The van der Waals surface area contributed by atoms with Crippen molar-refractivity contribution < 1.29 is 4.74 Å². The van der Waals surface area contributed by atoms with Crippen molar-refractivity contribution in [3.05, 3.63) is 52.6 Å². The van der Waals surface area contributed by atoms with Crippen LogP contribution in [-0.2, 0) is 18.3 Å². The zero-order valence-corrected chi connectivity index (χ0v) is 14.8. The number of aryl methyl sites for hydroxylation is 1. The minimum Gasteiger partial charge on any atom is -0.374 e. The average Bonchev–Trinajstić information content (AvgIpc) is 2.64. The molecule has 1 aliphatic rings. The molecule has 0 amide bonds. The number of nitrogens with zero attached hydrogens (tertiary/aromatic N) is 5. The zero-order valence-electron chi connectivity index (χ0n) is 14.8. The molecule has 25 heavy (non-hydrogen) atoms. The van der Waals surface area contributed by atoms with Gasteiger partial charge < -0.3 is 14.2 Å². The van der Waals surface area contributed by atoms with Crippen molar-refractivity contribution >= 4 is 5.82 Å². The van der Waals surface area contributed by atoms with Crippen LogP contribution in [0.5, 0.6) is 0 Å². The minimum absolute atomic E-state index is 0.0297. The molecule has 0 aliphatic carbocycles. The first kappa shape index (κ1) is 17.6. The van der Waals surface area contributed by atoms with Crippen molar-refractivity contribution in [2.75, 3.05) is 37.7 Å². The van der Waals surface area contributed by atoms with E-state index in [0.29, 0.717) is 6.61 Å². The summed E-state index contributed by atoms with van der Waals surface area (Å²) in [5.74, 6) is 0.872. The molecule has 0 unspecified atom stereocenters. The molecule has 7 heteroatoms. The number of likely N-dealkylation sites (N-methyl/N-ethyl adjacent to an activating group) is 1. The molecule has 3 rings (SSSR count). The Balaban J connectivity index is 1.60. The van der Waals surface area contributed by atoms with Crippen molar-refractivity contribution in [1.82, 2.24) is 19.7 Å². The minimum atomic E-state index is 0.0297. The Hall–Kier alpha value is -2.25. The van der Waals surface area contributed by atoms with Gasteiger partial charge in [-0.25, -0.2) is 0 Å². The van der Waals surface area contributed by atoms with Crippen LogP contribution in [0.1, 0.15) is 12.5 Å². The van der Waals surface area contributed by atoms with Gasteiger partial charge in [-0.3, -0.25) is 9.69 Å². The quantitative estimate of drug-likeness (QED) is 0.777. The molecule has 1 aliphatic heterocycles. The lowest BCUT2D eigenvalue weighted by molar-refractivity contribution is -0.0268. The molecule has 2 aromatic heterocycles. The Morgan fingerprint density at radius 2 is 2.28 bits per heavy atom. The maximum Gasteiger partial charge on any atom is 0.250 e. The second kappa shape index (κ2) is 8.22. The normalized spacial score (nSPS) is 18.2. The van der Waals surface area contributed by atoms with E-state index in [0.717, 1.165) is 44.1 Å². The highest BCUT2D eigenvalue weighted by molar-refractivity contribution is 5.36. The molecule has 0 N–H and O–H groups in total. The first-order valence-corrected chi connectivity index (χ1v) is 8.68. The smallest absolute Gasteiger partial charge is 0.250 e. The molecule has 0 spiro atoms. The fraction of sp³-hybridized carbons (Fsp3) is 0.500. The van der Waals surface area contributed by atoms with E-state index in [4.69, 9.17) is 4.74 Å². The highest BCUT2D eigenvalue weighted by Gasteiger charge is 2.23. The third-order valence-electron chi connectivity index (χ3n) is 4.49. The van der Waals surface area contributed by atoms with Crippen molar-refractivity contribution in [1.29, 1.82) is 0 Å². The van der Waals surface area contributed by atoms with Crippen LogP contribution in [0, 0.1) is 0 Å². The van der Waals surface area contributed by atoms with E-state index in [-0.39, 0.29) is 11.7 Å². The van der Waals surface area contributed by atoms with E-state index in [1.165, 1.54) is 0 Å². The average molecular weight is 343 g/mol. The third kappa shape index (κ3) is 4.64. The number of hydrogen-bond acceptors (Lipinski definition) is 6. The van der Waals surface area contributed by atoms with Gasteiger partial charge in [0.25, 0.3) is 5.56 Å². The first-order chi connectivity index (χ1) is 12.2. The SMILES string of the molecule is CCN(C[C@@H]1CN(Cc2ccn(C)c(=O)c2)CCO1)c1cccnn1. The van der Waals surface area contributed by atoms with E-state index < -0.39 is 0 Å². The maximum atomic E-state index is 11.8. The van der Waals surface area contributed by atoms with Crippen LogP contribution in [0.2, 0.25) is 0 Å². The van der Waals surface area contributed by atoms with Crippen molar-refractivity contribution in [2.45, 2.75) is 19.6 Å². The van der Waals surface area contributed by atoms with Crippen LogP contribution in [0.25, 0.3) is 0 Å². The summed E-state index contributed by atoms with van der Waals surface area (Å²) in [7, 11) is 1.77. The van der Waals surface area contributed by atoms with Gasteiger partial charge in [-0.15, -0.1) is 5.10 Å². The van der Waals surface area contributed by atoms with Crippen molar-refractivity contribution in [3.63, 3.8) is 0 Å². The summed E-state index contributed by atoms with van der Waals surface area (Å²) in [4.78, 5) is 16.3. The molecule has 1 saturated heterocycles. The highest BCUT2D eigenvalue weighted by Crippen LogP contribution is 2.14. The Morgan fingerprint density at radius 1 is 1.40 bits per heavy atom. The lowest BCUT2D eigenvalue weighted by Gasteiger charge is -2.35. The number of morpholine rings is 1. The van der Waals surface area contributed by atoms with Crippen LogP contribution < -0.4 is 10.5 Å². The summed E-state index contributed by atoms with van der Waals surface area (Å²) in [5, 5.41) is 8.15. The molecule has 3 heterocycles. The molecule has 1 fully saturated rings. The third-order valence-corrected chi connectivity index (χ3v) is 4.49. The lowest BCUT2D eigenvalue weighted by atomic mass is 10.2. The van der Waals surface area contributed by atoms with Gasteiger partial charge in [0.05, 0.1) is 12.7 Å². The van der Waals surface area contributed by atoms with Crippen LogP contribution >= 0.6 is 0 Å². The summed E-state index contributed by atoms with van der Waals surface area (Å²) >= 11 is 0. The molecular formula is C18H25N5O2. The number of pyridine rings is 1. The number of rotatable bonds is 6. The highest BCUT2D eigenvalue weighted by atomic mass is 16.5. The second-order valence-corrected chi connectivity index (χ2v) is 6.33. The zero-order chi connectivity index (χ0) is 17.6. The Labute approximate surface area is 147 Å². The molecule has 134 valence electrons. The number of anilines is 1. The van der Waals surface area contributed by atoms with E-state index in [2.05, 4.69) is 26.9 Å². The molecule has 0 radical (unpaired) electrons. The summed E-state index contributed by atoms with van der Waals surface area (Å²) in [6.45, 7) is 6.93. The molecular weight excluding hydrogens is 318 g/mol. The van der Waals surface area contributed by atoms with E-state index in [1.54, 1.807) is 23.9 Å². The van der Waals surface area contributed by atoms with E-state index in [1.807, 2.05) is 24.4 Å². The van der Waals surface area contributed by atoms with E-state index in [9.17, 15) is 4.79 Å². The lowest BCUT2D eigenvalue weighted by Crippen LogP contribution is -2.47. The maximum absolute atomic E-state index is 11.8. The molecule has 0 bridgehead atoms. The standard InChI is InChI=1S/C18H25N5O2/c1-3-23(17-5-4-7-19-20-17)14-16-13-22(9-10-25-16)12-15-6-8-21(2)18(24)11-15/h4-8,11,16H,3,9-10,12-14H2,1-2H3/t16-/m0/s1. The summed E-state index contributed by atoms with van der Waals surface area (Å²) in [5.41, 5.74) is 1.08. The first-order valence-electron chi connectivity index (χ1n) is 8.68. The Bertz CT molecular complexity index is 734. The monoisotopic (exact) mass is 343 g/mol. The molecule has 0 aromatic carbocycles. The van der Waals surface area contributed by atoms with Gasteiger partial charge in [-0.1, -0.05) is 0 Å². The van der Waals surface area contributed by atoms with Gasteiger partial charge in [-0.2, -0.15) is 5.10 Å². The summed E-state index contributed by atoms with van der Waals surface area (Å²) in [6, 6.07) is 7.58. The van der Waals surface area contributed by atoms with Gasteiger partial charge in [0.2, 0.25) is 0 Å². The Kier molecular flexibility index (Phi) is 5.78. The van der Waals surface area contributed by atoms with Crippen LogP contribution in [0.3, 0.4) is 0 Å². The molecule has 1 atom stereocenters. The molecule has 7 nitrogen and oxygen atoms in total. The fourth-order valence-corrected chi connectivity index (χ4v) is 3.07. The van der Waals surface area contributed by atoms with E-state index >= 15 is 0 Å². The van der Waals surface area contributed by atoms with Crippen LogP contribution in [-0.4, -0.2) is 58.6 Å². The van der Waals surface area contributed by atoms with Crippen LogP contribution in [0.15, 0.2) is 41.5 Å². The summed E-state index contributed by atoms with van der Waals surface area (Å²) in [6.07, 6.45) is 3.62. The van der Waals surface area contributed by atoms with Crippen molar-refractivity contribution in [2.24, 2.45) is 7.05 Å². The molecule has 0 saturated carbocycles. The van der Waals surface area contributed by atoms with Gasteiger partial charge in [0.1, 0.15) is 0 Å². The van der Waals surface area contributed by atoms with Crippen LogP contribution in [0.4, 0.5) is 5.82 Å². The molecule has 2 aromatic rings. The second-order valence-electron chi connectivity index (χ2n) is 6.33. The fourth-order valence-electron chi connectivity index (χ4n) is 3.07. The summed E-state index contributed by atoms with van der Waals surface area (Å²) < 4.78 is 7.53. The van der Waals surface area contributed by atoms with Gasteiger partial charge in [-0.05, 0) is 30.7 Å². The topological polar surface area (TPSA) is 63.5 Å². The largest absolute Gasteiger partial charge is 0.374 e. The van der Waals surface area contributed by atoms with Gasteiger partial charge in [0, 0.05) is 58.2 Å². The van der Waals surface area contributed by atoms with Gasteiger partial charge >= 0.3 is 0 Å². The van der Waals surface area contributed by atoms with Crippen molar-refractivity contribution in [3.8, 4) is 0 Å². The Morgan fingerprint density at radius 3 is 3.00 bits per heavy atom. The number of aromatic nitrogens is 3.